The molecule has 0 saturated carbocycles. The average Bonchev–Trinajstić information content (AvgIpc) is 2.47. The van der Waals surface area contributed by atoms with E-state index in [1.54, 1.807) is 0 Å². The van der Waals surface area contributed by atoms with Crippen molar-refractivity contribution in [2.45, 2.75) is 19.5 Å². The predicted octanol–water partition coefficient (Wildman–Crippen LogP) is 2.46. The maximum atomic E-state index is 5.70. The molecular formula is C16H18N2. The van der Waals surface area contributed by atoms with E-state index in [0.717, 1.165) is 19.5 Å². The summed E-state index contributed by atoms with van der Waals surface area (Å²) in [6.45, 7) is 2.68. The van der Waals surface area contributed by atoms with E-state index in [2.05, 4.69) is 47.8 Å². The van der Waals surface area contributed by atoms with Gasteiger partial charge in [-0.15, -0.1) is 0 Å². The Kier molecular flexibility index (Phi) is 3.13. The first-order chi connectivity index (χ1) is 8.86. The number of benzene rings is 2. The van der Waals surface area contributed by atoms with Crippen molar-refractivity contribution in [1.82, 2.24) is 5.32 Å². The highest BCUT2D eigenvalue weighted by atomic mass is 14.9. The van der Waals surface area contributed by atoms with Gasteiger partial charge in [-0.2, -0.15) is 0 Å². The Bertz CT molecular complexity index is 561. The lowest BCUT2D eigenvalue weighted by molar-refractivity contribution is 0.644. The van der Waals surface area contributed by atoms with E-state index in [4.69, 9.17) is 5.73 Å². The van der Waals surface area contributed by atoms with E-state index in [1.807, 2.05) is 0 Å². The summed E-state index contributed by atoms with van der Waals surface area (Å²) in [6.07, 6.45) is 1.12. The van der Waals surface area contributed by atoms with Crippen LogP contribution in [0.4, 0.5) is 0 Å². The first-order valence-electron chi connectivity index (χ1n) is 6.49. The highest BCUT2D eigenvalue weighted by molar-refractivity contribution is 5.65. The lowest BCUT2D eigenvalue weighted by Gasteiger charge is -2.18. The highest BCUT2D eigenvalue weighted by Gasteiger charge is 2.09. The molecule has 3 N–H and O–H groups in total. The van der Waals surface area contributed by atoms with E-state index < -0.39 is 0 Å². The molecule has 92 valence electrons. The minimum Gasteiger partial charge on any atom is -0.326 e. The third-order valence-electron chi connectivity index (χ3n) is 3.59. The molecule has 0 unspecified atom stereocenters. The van der Waals surface area contributed by atoms with E-state index in [-0.39, 0.29) is 0 Å². The van der Waals surface area contributed by atoms with Gasteiger partial charge in [0.2, 0.25) is 0 Å². The number of nitrogens with two attached hydrogens (primary N) is 1. The van der Waals surface area contributed by atoms with Gasteiger partial charge >= 0.3 is 0 Å². The summed E-state index contributed by atoms with van der Waals surface area (Å²) >= 11 is 0. The van der Waals surface area contributed by atoms with E-state index in [0.29, 0.717) is 6.54 Å². The zero-order valence-electron chi connectivity index (χ0n) is 10.4. The Labute approximate surface area is 108 Å². The Hall–Kier alpha value is -1.64. The van der Waals surface area contributed by atoms with E-state index >= 15 is 0 Å². The zero-order valence-corrected chi connectivity index (χ0v) is 10.4. The Morgan fingerprint density at radius 1 is 1.00 bits per heavy atom. The van der Waals surface area contributed by atoms with Crippen LogP contribution in [0.15, 0.2) is 42.5 Å². The number of hydrogen-bond donors (Lipinski definition) is 2. The number of nitrogens with one attached hydrogen (secondary N) is 1. The molecule has 0 radical (unpaired) electrons. The Balaban J connectivity index is 2.00. The largest absolute Gasteiger partial charge is 0.326 e. The van der Waals surface area contributed by atoms with Crippen molar-refractivity contribution in [3.63, 3.8) is 0 Å². The molecule has 1 heterocycles. The maximum absolute atomic E-state index is 5.70. The van der Waals surface area contributed by atoms with Crippen LogP contribution in [0.25, 0.3) is 11.1 Å². The van der Waals surface area contributed by atoms with Crippen LogP contribution in [0.2, 0.25) is 0 Å². The molecule has 0 amide bonds. The third-order valence-corrected chi connectivity index (χ3v) is 3.59. The normalized spacial score (nSPS) is 14.3. The van der Waals surface area contributed by atoms with Crippen molar-refractivity contribution in [1.29, 1.82) is 0 Å². The summed E-state index contributed by atoms with van der Waals surface area (Å²) < 4.78 is 0. The lowest BCUT2D eigenvalue weighted by Crippen LogP contribution is -2.23. The smallest absolute Gasteiger partial charge is 0.0208 e. The van der Waals surface area contributed by atoms with Crippen LogP contribution in [0, 0.1) is 0 Å². The first kappa shape index (κ1) is 11.5. The molecular weight excluding hydrogens is 220 g/mol. The van der Waals surface area contributed by atoms with Gasteiger partial charge in [-0.25, -0.2) is 0 Å². The fraction of sp³-hybridized carbons (Fsp3) is 0.250. The molecule has 1 aliphatic rings. The van der Waals surface area contributed by atoms with Crippen LogP contribution in [-0.2, 0) is 19.5 Å². The molecule has 2 aromatic carbocycles. The monoisotopic (exact) mass is 238 g/mol. The molecule has 1 aliphatic heterocycles. The topological polar surface area (TPSA) is 38.0 Å². The molecule has 2 aromatic rings. The summed E-state index contributed by atoms with van der Waals surface area (Å²) in [5, 5.41) is 3.40. The molecule has 3 rings (SSSR count). The van der Waals surface area contributed by atoms with Crippen LogP contribution in [0.5, 0.6) is 0 Å². The molecule has 0 aliphatic carbocycles. The standard InChI is InChI=1S/C16H18N2/c17-10-12-2-1-3-13(8-12)14-4-5-16-11-18-7-6-15(16)9-14/h1-5,8-9,18H,6-7,10-11,17H2. The molecule has 0 aromatic heterocycles. The summed E-state index contributed by atoms with van der Waals surface area (Å²) in [4.78, 5) is 0. The molecule has 2 nitrogen and oxygen atoms in total. The number of hydrogen-bond acceptors (Lipinski definition) is 2. The van der Waals surface area contributed by atoms with Gasteiger partial charge in [-0.3, -0.25) is 0 Å². The van der Waals surface area contributed by atoms with Gasteiger partial charge in [0.05, 0.1) is 0 Å². The fourth-order valence-electron chi connectivity index (χ4n) is 2.53. The quantitative estimate of drug-likeness (QED) is 0.843. The Morgan fingerprint density at radius 3 is 2.78 bits per heavy atom. The van der Waals surface area contributed by atoms with Crippen molar-refractivity contribution in [3.8, 4) is 11.1 Å². The first-order valence-corrected chi connectivity index (χ1v) is 6.49. The molecule has 0 spiro atoms. The molecule has 18 heavy (non-hydrogen) atoms. The van der Waals surface area contributed by atoms with Gasteiger partial charge in [0, 0.05) is 13.1 Å². The van der Waals surface area contributed by atoms with Gasteiger partial charge in [0.25, 0.3) is 0 Å². The summed E-state index contributed by atoms with van der Waals surface area (Å²) in [5.41, 5.74) is 12.4. The van der Waals surface area contributed by atoms with Crippen LogP contribution >= 0.6 is 0 Å². The second kappa shape index (κ2) is 4.92. The van der Waals surface area contributed by atoms with Crippen molar-refractivity contribution in [2.75, 3.05) is 6.54 Å². The van der Waals surface area contributed by atoms with Crippen LogP contribution in [-0.4, -0.2) is 6.54 Å². The van der Waals surface area contributed by atoms with Gasteiger partial charge in [-0.1, -0.05) is 36.4 Å². The maximum Gasteiger partial charge on any atom is 0.0208 e. The van der Waals surface area contributed by atoms with Crippen molar-refractivity contribution >= 4 is 0 Å². The van der Waals surface area contributed by atoms with Crippen molar-refractivity contribution in [2.24, 2.45) is 5.73 Å². The van der Waals surface area contributed by atoms with E-state index in [1.165, 1.54) is 27.8 Å². The third kappa shape index (κ3) is 2.17. The minimum atomic E-state index is 0.600. The summed E-state index contributed by atoms with van der Waals surface area (Å²) in [6, 6.07) is 15.3. The Morgan fingerprint density at radius 2 is 1.89 bits per heavy atom. The SMILES string of the molecule is NCc1cccc(-c2ccc3c(c2)CCNC3)c1. The molecule has 0 fully saturated rings. The molecule has 0 bridgehead atoms. The second-order valence-corrected chi connectivity index (χ2v) is 4.81. The number of rotatable bonds is 2. The van der Waals surface area contributed by atoms with Gasteiger partial charge in [-0.05, 0) is 46.8 Å². The zero-order chi connectivity index (χ0) is 12.4. The van der Waals surface area contributed by atoms with Crippen molar-refractivity contribution < 1.29 is 0 Å². The predicted molar refractivity (Wildman–Crippen MR) is 75.2 cm³/mol. The second-order valence-electron chi connectivity index (χ2n) is 4.81. The van der Waals surface area contributed by atoms with Crippen molar-refractivity contribution in [3.05, 3.63) is 59.2 Å². The summed E-state index contributed by atoms with van der Waals surface area (Å²) in [7, 11) is 0. The lowest BCUT2D eigenvalue weighted by atomic mass is 9.95. The van der Waals surface area contributed by atoms with E-state index in [9.17, 15) is 0 Å². The minimum absolute atomic E-state index is 0.600. The van der Waals surface area contributed by atoms with Crippen LogP contribution < -0.4 is 11.1 Å². The van der Waals surface area contributed by atoms with Gasteiger partial charge in [0.1, 0.15) is 0 Å². The molecule has 2 heteroatoms. The molecule has 0 saturated heterocycles. The average molecular weight is 238 g/mol. The highest BCUT2D eigenvalue weighted by Crippen LogP contribution is 2.25. The van der Waals surface area contributed by atoms with Gasteiger partial charge in [0.15, 0.2) is 0 Å². The summed E-state index contributed by atoms with van der Waals surface area (Å²) in [5.74, 6) is 0. The number of fused-ring (bicyclic) bond motifs is 1. The van der Waals surface area contributed by atoms with Crippen LogP contribution in [0.3, 0.4) is 0 Å². The molecule has 0 atom stereocenters. The van der Waals surface area contributed by atoms with Gasteiger partial charge < -0.3 is 11.1 Å². The van der Waals surface area contributed by atoms with Crippen LogP contribution in [0.1, 0.15) is 16.7 Å². The fourth-order valence-corrected chi connectivity index (χ4v) is 2.53.